The highest BCUT2D eigenvalue weighted by atomic mass is 35.5. The van der Waals surface area contributed by atoms with Gasteiger partial charge >= 0.3 is 6.09 Å². The van der Waals surface area contributed by atoms with Crippen LogP contribution in [0.25, 0.3) is 16.7 Å². The summed E-state index contributed by atoms with van der Waals surface area (Å²) in [7, 11) is 0. The van der Waals surface area contributed by atoms with E-state index in [0.29, 0.717) is 53.4 Å². The fourth-order valence-electron chi connectivity index (χ4n) is 6.37. The van der Waals surface area contributed by atoms with Crippen LogP contribution in [-0.4, -0.2) is 84.1 Å². The molecule has 2 aliphatic heterocycles. The molecule has 6 rings (SSSR count). The maximum Gasteiger partial charge on any atom is 0.407 e. The van der Waals surface area contributed by atoms with Gasteiger partial charge in [-0.2, -0.15) is 0 Å². The van der Waals surface area contributed by atoms with Crippen molar-refractivity contribution in [1.82, 2.24) is 23.9 Å². The quantitative estimate of drug-likeness (QED) is 0.329. The summed E-state index contributed by atoms with van der Waals surface area (Å²) in [6, 6.07) is 14.1. The Bertz CT molecular complexity index is 1830. The van der Waals surface area contributed by atoms with E-state index in [1.807, 2.05) is 63.2 Å². The highest BCUT2D eigenvalue weighted by molar-refractivity contribution is 6.31. The van der Waals surface area contributed by atoms with E-state index >= 15 is 0 Å². The fourth-order valence-corrected chi connectivity index (χ4v) is 6.66. The Morgan fingerprint density at radius 1 is 1.09 bits per heavy atom. The molecule has 4 heterocycles. The summed E-state index contributed by atoms with van der Waals surface area (Å²) < 4.78 is 8.85. The van der Waals surface area contributed by atoms with Crippen LogP contribution in [0.1, 0.15) is 52.9 Å². The summed E-state index contributed by atoms with van der Waals surface area (Å²) in [5, 5.41) is 21.8. The topological polar surface area (TPSA) is 130 Å². The molecule has 2 aliphatic rings. The van der Waals surface area contributed by atoms with Gasteiger partial charge in [0.1, 0.15) is 11.5 Å². The molecule has 12 heteroatoms. The lowest BCUT2D eigenvalue weighted by Gasteiger charge is -2.38. The Morgan fingerprint density at radius 2 is 1.80 bits per heavy atom. The second-order valence-corrected chi connectivity index (χ2v) is 12.6. The van der Waals surface area contributed by atoms with E-state index in [9.17, 15) is 24.6 Å². The van der Waals surface area contributed by atoms with E-state index in [1.54, 1.807) is 15.5 Å². The van der Waals surface area contributed by atoms with Gasteiger partial charge in [-0.3, -0.25) is 23.6 Å². The molecule has 0 saturated carbocycles. The number of amides is 2. The van der Waals surface area contributed by atoms with E-state index in [4.69, 9.17) is 16.3 Å². The lowest BCUT2D eigenvalue weighted by Crippen LogP contribution is -2.49. The van der Waals surface area contributed by atoms with E-state index in [1.165, 1.54) is 15.8 Å². The van der Waals surface area contributed by atoms with E-state index in [-0.39, 0.29) is 37.3 Å². The second kappa shape index (κ2) is 12.0. The molecule has 2 aromatic carbocycles. The standard InChI is InChI=1S/C33H36ClN5O6/c1-20-4-6-23(7-5-20)30(40)36-12-10-33(44,11-13-36)18-37-19-35-29-26(31(37)41)15-28(34)39(29)24-8-9-25(21(2)14-24)27-17-45-22(3)16-38(27)32(42)43/h4-9,14-15,19,22,27,44H,10-13,16-18H2,1-3H3,(H,42,43)/t22-,27-/m1/s1. The largest absolute Gasteiger partial charge is 0.465 e. The molecule has 2 fully saturated rings. The monoisotopic (exact) mass is 633 g/mol. The normalized spacial score (nSPS) is 20.0. The number of benzene rings is 2. The van der Waals surface area contributed by atoms with Gasteiger partial charge in [0.25, 0.3) is 11.5 Å². The highest BCUT2D eigenvalue weighted by Gasteiger charge is 2.36. The number of carboxylic acid groups (broad SMARTS) is 1. The predicted molar refractivity (Wildman–Crippen MR) is 169 cm³/mol. The van der Waals surface area contributed by atoms with Crippen LogP contribution >= 0.6 is 11.6 Å². The number of hydrogen-bond acceptors (Lipinski definition) is 6. The van der Waals surface area contributed by atoms with Crippen LogP contribution in [0.3, 0.4) is 0 Å². The number of halogens is 1. The van der Waals surface area contributed by atoms with Gasteiger partial charge in [-0.25, -0.2) is 9.78 Å². The number of carbonyl (C=O) groups excluding carboxylic acids is 1. The smallest absolute Gasteiger partial charge is 0.407 e. The molecular weight excluding hydrogens is 598 g/mol. The van der Waals surface area contributed by atoms with E-state index in [2.05, 4.69) is 4.98 Å². The van der Waals surface area contributed by atoms with Gasteiger partial charge in [0.05, 0.1) is 42.8 Å². The van der Waals surface area contributed by atoms with E-state index in [0.717, 1.165) is 16.7 Å². The van der Waals surface area contributed by atoms with E-state index < -0.39 is 17.7 Å². The summed E-state index contributed by atoms with van der Waals surface area (Å²) in [5.41, 5.74) is 2.92. The first-order valence-corrected chi connectivity index (χ1v) is 15.4. The number of ether oxygens (including phenoxy) is 1. The molecule has 0 unspecified atom stereocenters. The highest BCUT2D eigenvalue weighted by Crippen LogP contribution is 2.32. The zero-order valence-corrected chi connectivity index (χ0v) is 26.2. The third-order valence-electron chi connectivity index (χ3n) is 8.97. The number of aliphatic hydroxyl groups is 1. The first kappa shape index (κ1) is 30.8. The van der Waals surface area contributed by atoms with Crippen molar-refractivity contribution < 1.29 is 24.5 Å². The molecule has 11 nitrogen and oxygen atoms in total. The number of fused-ring (bicyclic) bond motifs is 1. The number of morpholine rings is 1. The molecular formula is C33H36ClN5O6. The summed E-state index contributed by atoms with van der Waals surface area (Å²) >= 11 is 6.65. The number of rotatable bonds is 5. The number of hydrogen-bond donors (Lipinski definition) is 2. The molecule has 0 bridgehead atoms. The minimum Gasteiger partial charge on any atom is -0.465 e. The molecule has 0 aliphatic carbocycles. The van der Waals surface area contributed by atoms with Crippen molar-refractivity contribution in [2.75, 3.05) is 26.2 Å². The van der Waals surface area contributed by atoms with Crippen LogP contribution in [0.4, 0.5) is 4.79 Å². The molecule has 4 aromatic rings. The van der Waals surface area contributed by atoms with Crippen LogP contribution in [0, 0.1) is 13.8 Å². The van der Waals surface area contributed by atoms with Crippen molar-refractivity contribution in [3.05, 3.63) is 92.6 Å². The summed E-state index contributed by atoms with van der Waals surface area (Å²) in [6.45, 7) is 7.05. The van der Waals surface area contributed by atoms with Crippen LogP contribution in [0.2, 0.25) is 5.15 Å². The number of nitrogens with zero attached hydrogens (tertiary/aromatic N) is 5. The van der Waals surface area contributed by atoms with Gasteiger partial charge in [-0.05, 0) is 75.1 Å². The average molecular weight is 634 g/mol. The van der Waals surface area contributed by atoms with Gasteiger partial charge < -0.3 is 19.8 Å². The summed E-state index contributed by atoms with van der Waals surface area (Å²) in [6.07, 6.45) is 0.897. The minimum absolute atomic E-state index is 0.0418. The van der Waals surface area contributed by atoms with Crippen LogP contribution in [0.5, 0.6) is 0 Å². The van der Waals surface area contributed by atoms with Gasteiger partial charge in [0.2, 0.25) is 0 Å². The maximum absolute atomic E-state index is 13.6. The minimum atomic E-state index is -1.17. The average Bonchev–Trinajstić information content (AvgIpc) is 3.35. The third kappa shape index (κ3) is 5.95. The molecule has 0 radical (unpaired) electrons. The molecule has 2 saturated heterocycles. The number of likely N-dealkylation sites (tertiary alicyclic amines) is 1. The SMILES string of the molecule is Cc1ccc(C(=O)N2CCC(O)(Cn3cnc4c(cc(Cl)n4-c4ccc([C@H]5CO[C@H](C)CN5C(=O)O)c(C)c4)c3=O)CC2)cc1. The predicted octanol–water partition coefficient (Wildman–Crippen LogP) is 4.56. The Morgan fingerprint density at radius 3 is 2.47 bits per heavy atom. The van der Waals surface area contributed by atoms with Crippen LogP contribution < -0.4 is 5.56 Å². The third-order valence-corrected chi connectivity index (χ3v) is 9.25. The van der Waals surface area contributed by atoms with Crippen molar-refractivity contribution in [2.24, 2.45) is 0 Å². The number of aromatic nitrogens is 3. The van der Waals surface area contributed by atoms with Crippen molar-refractivity contribution in [2.45, 2.75) is 57.9 Å². The first-order valence-electron chi connectivity index (χ1n) is 15.0. The second-order valence-electron chi connectivity index (χ2n) is 12.2. The van der Waals surface area contributed by atoms with Gasteiger partial charge in [0, 0.05) is 24.3 Å². The fraction of sp³-hybridized carbons (Fsp3) is 0.394. The molecule has 45 heavy (non-hydrogen) atoms. The van der Waals surface area contributed by atoms with Gasteiger partial charge in [-0.15, -0.1) is 0 Å². The van der Waals surface area contributed by atoms with Gasteiger partial charge in [0.15, 0.2) is 5.65 Å². The van der Waals surface area contributed by atoms with Crippen molar-refractivity contribution >= 4 is 34.6 Å². The van der Waals surface area contributed by atoms with Crippen LogP contribution in [0.15, 0.2) is 59.7 Å². The molecule has 2 N–H and O–H groups in total. The van der Waals surface area contributed by atoms with Gasteiger partial charge in [-0.1, -0.05) is 35.4 Å². The molecule has 2 atom stereocenters. The Hall–Kier alpha value is -4.19. The lowest BCUT2D eigenvalue weighted by molar-refractivity contribution is -0.0466. The Kier molecular flexibility index (Phi) is 8.19. The summed E-state index contributed by atoms with van der Waals surface area (Å²) in [5.74, 6) is -0.0718. The zero-order chi connectivity index (χ0) is 32.0. The first-order chi connectivity index (χ1) is 21.4. The number of piperidine rings is 1. The molecule has 0 spiro atoms. The van der Waals surface area contributed by atoms with Crippen LogP contribution in [-0.2, 0) is 11.3 Å². The summed E-state index contributed by atoms with van der Waals surface area (Å²) in [4.78, 5) is 46.2. The van der Waals surface area contributed by atoms with Crippen molar-refractivity contribution in [3.8, 4) is 5.69 Å². The molecule has 236 valence electrons. The molecule has 2 aromatic heterocycles. The Balaban J connectivity index is 1.21. The zero-order valence-electron chi connectivity index (χ0n) is 25.4. The van der Waals surface area contributed by atoms with Crippen molar-refractivity contribution in [3.63, 3.8) is 0 Å². The lowest BCUT2D eigenvalue weighted by atomic mass is 9.91. The van der Waals surface area contributed by atoms with Crippen molar-refractivity contribution in [1.29, 1.82) is 0 Å². The number of carbonyl (C=O) groups is 2. The maximum atomic E-state index is 13.6. The molecule has 2 amide bonds. The Labute approximate surface area is 265 Å². The number of aryl methyl sites for hydroxylation is 2.